The zero-order valence-corrected chi connectivity index (χ0v) is 13.1. The Labute approximate surface area is 123 Å². The summed E-state index contributed by atoms with van der Waals surface area (Å²) in [6.45, 7) is 2.98. The highest BCUT2D eigenvalue weighted by molar-refractivity contribution is 7.11. The van der Waals surface area contributed by atoms with E-state index >= 15 is 0 Å². The number of hydrogen-bond donors (Lipinski definition) is 1. The standard InChI is InChI=1S/C15H21NOS2/c1-3-6-12(11-17-2)16-15(13-7-4-9-18-13)14-8-5-10-19-14/h4-5,7-10,12,15-16H,3,6,11H2,1-2H3. The molecule has 0 aliphatic carbocycles. The van der Waals surface area contributed by atoms with Gasteiger partial charge in [-0.25, -0.2) is 0 Å². The van der Waals surface area contributed by atoms with E-state index in [4.69, 9.17) is 4.74 Å². The number of thiophene rings is 2. The van der Waals surface area contributed by atoms with Gasteiger partial charge in [-0.2, -0.15) is 0 Å². The Morgan fingerprint density at radius 1 is 1.16 bits per heavy atom. The van der Waals surface area contributed by atoms with Crippen LogP contribution in [0.1, 0.15) is 35.6 Å². The van der Waals surface area contributed by atoms with Crippen molar-refractivity contribution < 1.29 is 4.74 Å². The van der Waals surface area contributed by atoms with Gasteiger partial charge < -0.3 is 4.74 Å². The average Bonchev–Trinajstić information content (AvgIpc) is 3.09. The van der Waals surface area contributed by atoms with Crippen molar-refractivity contribution in [2.45, 2.75) is 31.8 Å². The fourth-order valence-corrected chi connectivity index (χ4v) is 3.90. The first-order valence-corrected chi connectivity index (χ1v) is 8.42. The fourth-order valence-electron chi connectivity index (χ4n) is 2.22. The van der Waals surface area contributed by atoms with Crippen molar-refractivity contribution in [1.82, 2.24) is 5.32 Å². The molecule has 2 aromatic heterocycles. The maximum atomic E-state index is 5.34. The molecule has 4 heteroatoms. The molecule has 0 amide bonds. The SMILES string of the molecule is CCCC(COC)NC(c1cccs1)c1cccs1. The zero-order chi connectivity index (χ0) is 13.5. The molecule has 2 nitrogen and oxygen atoms in total. The van der Waals surface area contributed by atoms with Gasteiger partial charge in [-0.1, -0.05) is 25.5 Å². The lowest BCUT2D eigenvalue weighted by Gasteiger charge is -2.24. The Bertz CT molecular complexity index is 398. The summed E-state index contributed by atoms with van der Waals surface area (Å²) >= 11 is 3.62. The molecule has 0 aliphatic rings. The highest BCUT2D eigenvalue weighted by atomic mass is 32.1. The minimum Gasteiger partial charge on any atom is -0.383 e. The lowest BCUT2D eigenvalue weighted by Crippen LogP contribution is -2.36. The van der Waals surface area contributed by atoms with Gasteiger partial charge in [0.2, 0.25) is 0 Å². The van der Waals surface area contributed by atoms with Crippen molar-refractivity contribution >= 4 is 22.7 Å². The van der Waals surface area contributed by atoms with Gasteiger partial charge in [0.1, 0.15) is 0 Å². The maximum Gasteiger partial charge on any atom is 0.0767 e. The Morgan fingerprint density at radius 2 is 1.79 bits per heavy atom. The van der Waals surface area contributed by atoms with Crippen molar-refractivity contribution in [2.75, 3.05) is 13.7 Å². The molecule has 0 spiro atoms. The quantitative estimate of drug-likeness (QED) is 0.784. The lowest BCUT2D eigenvalue weighted by molar-refractivity contribution is 0.158. The van der Waals surface area contributed by atoms with Gasteiger partial charge in [-0.3, -0.25) is 5.32 Å². The number of ether oxygens (including phenoxy) is 1. The van der Waals surface area contributed by atoms with Gasteiger partial charge in [0.25, 0.3) is 0 Å². The van der Waals surface area contributed by atoms with Crippen molar-refractivity contribution in [3.8, 4) is 0 Å². The monoisotopic (exact) mass is 295 g/mol. The van der Waals surface area contributed by atoms with Crippen LogP contribution in [0.4, 0.5) is 0 Å². The van der Waals surface area contributed by atoms with E-state index in [9.17, 15) is 0 Å². The largest absolute Gasteiger partial charge is 0.383 e. The molecule has 1 unspecified atom stereocenters. The van der Waals surface area contributed by atoms with E-state index < -0.39 is 0 Å². The normalized spacial score (nSPS) is 13.0. The Morgan fingerprint density at radius 3 is 2.21 bits per heavy atom. The summed E-state index contributed by atoms with van der Waals surface area (Å²) in [6, 6.07) is 9.35. The molecular formula is C15H21NOS2. The number of rotatable bonds is 8. The zero-order valence-electron chi connectivity index (χ0n) is 11.5. The minimum absolute atomic E-state index is 0.298. The molecule has 0 radical (unpaired) electrons. The summed E-state index contributed by atoms with van der Waals surface area (Å²) in [6.07, 6.45) is 2.31. The lowest BCUT2D eigenvalue weighted by atomic mass is 10.1. The van der Waals surface area contributed by atoms with Crippen LogP contribution in [0.2, 0.25) is 0 Å². The Hall–Kier alpha value is -0.680. The van der Waals surface area contributed by atoms with Gasteiger partial charge in [0.15, 0.2) is 0 Å². The molecule has 1 N–H and O–H groups in total. The van der Waals surface area contributed by atoms with E-state index in [2.05, 4.69) is 47.3 Å². The summed E-state index contributed by atoms with van der Waals surface area (Å²) in [5.74, 6) is 0. The van der Waals surface area contributed by atoms with Gasteiger partial charge in [0.05, 0.1) is 12.6 Å². The maximum absolute atomic E-state index is 5.34. The first kappa shape index (κ1) is 14.7. The van der Waals surface area contributed by atoms with E-state index in [-0.39, 0.29) is 0 Å². The first-order chi connectivity index (χ1) is 9.35. The highest BCUT2D eigenvalue weighted by Gasteiger charge is 2.20. The van der Waals surface area contributed by atoms with Gasteiger partial charge in [0, 0.05) is 22.9 Å². The first-order valence-electron chi connectivity index (χ1n) is 6.67. The molecule has 0 aromatic carbocycles. The van der Waals surface area contributed by atoms with Gasteiger partial charge in [-0.15, -0.1) is 22.7 Å². The van der Waals surface area contributed by atoms with Crippen LogP contribution in [0.25, 0.3) is 0 Å². The third-order valence-electron chi connectivity index (χ3n) is 3.06. The summed E-state index contributed by atoms with van der Waals surface area (Å²) in [4.78, 5) is 2.75. The van der Waals surface area contributed by atoms with Crippen LogP contribution in [-0.2, 0) is 4.74 Å². The topological polar surface area (TPSA) is 21.3 Å². The van der Waals surface area contributed by atoms with Crippen LogP contribution in [0.5, 0.6) is 0 Å². The van der Waals surface area contributed by atoms with Crippen molar-refractivity contribution in [2.24, 2.45) is 0 Å². The predicted molar refractivity (Wildman–Crippen MR) is 84.2 cm³/mol. The third-order valence-corrected chi connectivity index (χ3v) is 4.94. The number of nitrogens with one attached hydrogen (secondary N) is 1. The highest BCUT2D eigenvalue weighted by Crippen LogP contribution is 2.29. The van der Waals surface area contributed by atoms with Gasteiger partial charge >= 0.3 is 0 Å². The predicted octanol–water partition coefficient (Wildman–Crippen LogP) is 4.30. The van der Waals surface area contributed by atoms with Crippen LogP contribution in [-0.4, -0.2) is 19.8 Å². The molecule has 0 fully saturated rings. The molecule has 2 rings (SSSR count). The van der Waals surface area contributed by atoms with E-state index in [1.54, 1.807) is 7.11 Å². The summed E-state index contributed by atoms with van der Waals surface area (Å²) in [5, 5.41) is 8.04. The second-order valence-electron chi connectivity index (χ2n) is 4.57. The number of methoxy groups -OCH3 is 1. The van der Waals surface area contributed by atoms with Crippen LogP contribution >= 0.6 is 22.7 Å². The summed E-state index contributed by atoms with van der Waals surface area (Å²) < 4.78 is 5.34. The Balaban J connectivity index is 2.14. The molecule has 2 heterocycles. The molecule has 0 bridgehead atoms. The molecule has 19 heavy (non-hydrogen) atoms. The second-order valence-corrected chi connectivity index (χ2v) is 6.53. The second kappa shape index (κ2) is 7.80. The van der Waals surface area contributed by atoms with Gasteiger partial charge in [-0.05, 0) is 29.3 Å². The number of hydrogen-bond acceptors (Lipinski definition) is 4. The van der Waals surface area contributed by atoms with E-state index in [1.165, 1.54) is 16.2 Å². The molecule has 0 aliphatic heterocycles. The summed E-state index contributed by atoms with van der Waals surface area (Å²) in [5.41, 5.74) is 0. The fraction of sp³-hybridized carbons (Fsp3) is 0.467. The molecule has 1 atom stereocenters. The van der Waals surface area contributed by atoms with Crippen LogP contribution in [0, 0.1) is 0 Å². The molecule has 0 saturated heterocycles. The van der Waals surface area contributed by atoms with Crippen molar-refractivity contribution in [1.29, 1.82) is 0 Å². The average molecular weight is 295 g/mol. The molecule has 2 aromatic rings. The van der Waals surface area contributed by atoms with Crippen LogP contribution < -0.4 is 5.32 Å². The van der Waals surface area contributed by atoms with Crippen LogP contribution in [0.3, 0.4) is 0 Å². The van der Waals surface area contributed by atoms with E-state index in [1.807, 2.05) is 22.7 Å². The van der Waals surface area contributed by atoms with Crippen molar-refractivity contribution in [3.63, 3.8) is 0 Å². The molecule has 0 saturated carbocycles. The van der Waals surface area contributed by atoms with E-state index in [0.29, 0.717) is 12.1 Å². The molecule has 104 valence electrons. The smallest absolute Gasteiger partial charge is 0.0767 e. The Kier molecular flexibility index (Phi) is 6.04. The minimum atomic E-state index is 0.298. The third kappa shape index (κ3) is 4.14. The van der Waals surface area contributed by atoms with Crippen molar-refractivity contribution in [3.05, 3.63) is 44.8 Å². The summed E-state index contributed by atoms with van der Waals surface area (Å²) in [7, 11) is 1.77. The van der Waals surface area contributed by atoms with E-state index in [0.717, 1.165) is 13.0 Å². The van der Waals surface area contributed by atoms with Crippen LogP contribution in [0.15, 0.2) is 35.0 Å². The molecular weight excluding hydrogens is 274 g/mol.